The summed E-state index contributed by atoms with van der Waals surface area (Å²) in [5.74, 6) is -0.976. The molecule has 0 atom stereocenters. The summed E-state index contributed by atoms with van der Waals surface area (Å²) in [6, 6.07) is 0. The fourth-order valence-electron chi connectivity index (χ4n) is 1.81. The van der Waals surface area contributed by atoms with Gasteiger partial charge in [-0.2, -0.15) is 0 Å². The van der Waals surface area contributed by atoms with Gasteiger partial charge in [0.15, 0.2) is 0 Å². The Hall–Kier alpha value is -1.14. The highest BCUT2D eigenvalue weighted by Crippen LogP contribution is 2.05. The number of rotatable bonds is 6. The molecule has 0 aromatic carbocycles. The second-order valence-corrected chi connectivity index (χ2v) is 4.11. The number of hydrogen-bond donors (Lipinski definition) is 1. The average Bonchev–Trinajstić information content (AvgIpc) is 2.34. The fourth-order valence-corrected chi connectivity index (χ4v) is 1.81. The smallest absolute Gasteiger partial charge is 0.303 e. The lowest BCUT2D eigenvalue weighted by Gasteiger charge is -2.34. The van der Waals surface area contributed by atoms with E-state index >= 15 is 0 Å². The van der Waals surface area contributed by atoms with Crippen LogP contribution in [0.1, 0.15) is 12.8 Å². The van der Waals surface area contributed by atoms with Gasteiger partial charge < -0.3 is 14.7 Å². The minimum Gasteiger partial charge on any atom is -0.481 e. The molecule has 1 aliphatic heterocycles. The lowest BCUT2D eigenvalue weighted by atomic mass is 10.2. The van der Waals surface area contributed by atoms with Crippen molar-refractivity contribution in [2.75, 3.05) is 46.4 Å². The third kappa shape index (κ3) is 5.14. The second kappa shape index (κ2) is 7.24. The average molecular weight is 244 g/mol. The monoisotopic (exact) mass is 244 g/mol. The second-order valence-electron chi connectivity index (χ2n) is 4.11. The highest BCUT2D eigenvalue weighted by molar-refractivity contribution is 5.80. The molecule has 0 unspecified atom stereocenters. The van der Waals surface area contributed by atoms with Crippen LogP contribution < -0.4 is 0 Å². The third-order valence-corrected chi connectivity index (χ3v) is 2.89. The topological polar surface area (TPSA) is 70.1 Å². The number of carboxylic acids is 1. The van der Waals surface area contributed by atoms with E-state index in [2.05, 4.69) is 4.90 Å². The summed E-state index contributed by atoms with van der Waals surface area (Å²) in [5, 5.41) is 8.51. The molecular formula is C11H20N2O4. The Bertz CT molecular complexity index is 262. The van der Waals surface area contributed by atoms with Crippen molar-refractivity contribution in [3.8, 4) is 0 Å². The van der Waals surface area contributed by atoms with Gasteiger partial charge in [0.05, 0.1) is 13.0 Å². The van der Waals surface area contributed by atoms with Crippen LogP contribution in [0.15, 0.2) is 0 Å². The molecule has 6 heteroatoms. The van der Waals surface area contributed by atoms with Crippen molar-refractivity contribution in [2.24, 2.45) is 0 Å². The Kier molecular flexibility index (Phi) is 5.93. The van der Waals surface area contributed by atoms with E-state index in [4.69, 9.17) is 9.84 Å². The minimum absolute atomic E-state index is 0.0567. The van der Waals surface area contributed by atoms with Crippen molar-refractivity contribution in [3.63, 3.8) is 0 Å². The molecule has 0 spiro atoms. The van der Waals surface area contributed by atoms with E-state index in [0.29, 0.717) is 19.7 Å². The van der Waals surface area contributed by atoms with E-state index in [0.717, 1.165) is 19.6 Å². The van der Waals surface area contributed by atoms with Crippen LogP contribution >= 0.6 is 0 Å². The molecule has 17 heavy (non-hydrogen) atoms. The number of piperazine rings is 1. The molecule has 0 saturated carbocycles. The van der Waals surface area contributed by atoms with Crippen LogP contribution in [0.2, 0.25) is 0 Å². The Morgan fingerprint density at radius 1 is 1.18 bits per heavy atom. The van der Waals surface area contributed by atoms with Crippen LogP contribution in [-0.2, 0) is 14.3 Å². The van der Waals surface area contributed by atoms with Crippen LogP contribution in [0, 0.1) is 0 Å². The lowest BCUT2D eigenvalue weighted by molar-refractivity contribution is -0.141. The number of carboxylic acid groups (broad SMARTS) is 1. The van der Waals surface area contributed by atoms with E-state index < -0.39 is 5.97 Å². The van der Waals surface area contributed by atoms with Gasteiger partial charge in [-0.3, -0.25) is 14.5 Å². The molecule has 0 aliphatic carbocycles. The number of carbonyl (C=O) groups is 2. The summed E-state index contributed by atoms with van der Waals surface area (Å²) in [6.45, 7) is 4.62. The van der Waals surface area contributed by atoms with E-state index in [9.17, 15) is 9.59 Å². The molecule has 0 radical (unpaired) electrons. The standard InChI is InChI=1S/C11H20N2O4/c1-17-9-8-12-4-6-13(7-5-12)10(14)2-3-11(15)16/h2-9H2,1H3,(H,15,16). The molecule has 1 rings (SSSR count). The predicted octanol–water partition coefficient (Wildman–Crippen LogP) is -0.358. The van der Waals surface area contributed by atoms with Crippen LogP contribution in [0.4, 0.5) is 0 Å². The summed E-state index contributed by atoms with van der Waals surface area (Å²) in [7, 11) is 1.67. The minimum atomic E-state index is -0.919. The third-order valence-electron chi connectivity index (χ3n) is 2.89. The number of hydrogen-bond acceptors (Lipinski definition) is 4. The van der Waals surface area contributed by atoms with Gasteiger partial charge in [0.25, 0.3) is 0 Å². The molecule has 1 saturated heterocycles. The highest BCUT2D eigenvalue weighted by atomic mass is 16.5. The summed E-state index contributed by atoms with van der Waals surface area (Å²) in [5.41, 5.74) is 0. The molecule has 1 fully saturated rings. The van der Waals surface area contributed by atoms with E-state index in [-0.39, 0.29) is 18.7 Å². The summed E-state index contributed by atoms with van der Waals surface area (Å²) < 4.78 is 5.00. The van der Waals surface area contributed by atoms with Crippen molar-refractivity contribution < 1.29 is 19.4 Å². The van der Waals surface area contributed by atoms with Gasteiger partial charge in [-0.15, -0.1) is 0 Å². The van der Waals surface area contributed by atoms with Crippen LogP contribution in [0.5, 0.6) is 0 Å². The summed E-state index contributed by atoms with van der Waals surface area (Å²) >= 11 is 0. The fraction of sp³-hybridized carbons (Fsp3) is 0.818. The van der Waals surface area contributed by atoms with Gasteiger partial charge in [-0.05, 0) is 0 Å². The first kappa shape index (κ1) is 13.9. The molecule has 1 aliphatic rings. The predicted molar refractivity (Wildman–Crippen MR) is 61.8 cm³/mol. The van der Waals surface area contributed by atoms with Gasteiger partial charge in [-0.25, -0.2) is 0 Å². The number of amides is 1. The Morgan fingerprint density at radius 3 is 2.35 bits per heavy atom. The van der Waals surface area contributed by atoms with E-state index in [1.807, 2.05) is 0 Å². The van der Waals surface area contributed by atoms with Gasteiger partial charge in [-0.1, -0.05) is 0 Å². The quantitative estimate of drug-likeness (QED) is 0.691. The number of carbonyl (C=O) groups excluding carboxylic acids is 1. The number of methoxy groups -OCH3 is 1. The van der Waals surface area contributed by atoms with Gasteiger partial charge >= 0.3 is 5.97 Å². The molecule has 0 aromatic heterocycles. The Balaban J connectivity index is 2.21. The molecule has 98 valence electrons. The summed E-state index contributed by atoms with van der Waals surface area (Å²) in [4.78, 5) is 26.0. The van der Waals surface area contributed by atoms with E-state index in [1.54, 1.807) is 12.0 Å². The Labute approximate surface area is 101 Å². The maximum atomic E-state index is 11.6. The molecule has 1 amide bonds. The zero-order chi connectivity index (χ0) is 12.7. The SMILES string of the molecule is COCCN1CCN(C(=O)CCC(=O)O)CC1. The van der Waals surface area contributed by atoms with Gasteiger partial charge in [0.1, 0.15) is 0 Å². The first-order chi connectivity index (χ1) is 8.13. The largest absolute Gasteiger partial charge is 0.481 e. The van der Waals surface area contributed by atoms with Gasteiger partial charge in [0, 0.05) is 46.3 Å². The zero-order valence-corrected chi connectivity index (χ0v) is 10.2. The first-order valence-electron chi connectivity index (χ1n) is 5.84. The van der Waals surface area contributed by atoms with Gasteiger partial charge in [0.2, 0.25) is 5.91 Å². The maximum Gasteiger partial charge on any atom is 0.303 e. The molecule has 1 N–H and O–H groups in total. The molecular weight excluding hydrogens is 224 g/mol. The van der Waals surface area contributed by atoms with Crippen molar-refractivity contribution >= 4 is 11.9 Å². The number of nitrogens with zero attached hydrogens (tertiary/aromatic N) is 2. The van der Waals surface area contributed by atoms with Crippen molar-refractivity contribution in [1.29, 1.82) is 0 Å². The van der Waals surface area contributed by atoms with Crippen molar-refractivity contribution in [1.82, 2.24) is 9.80 Å². The van der Waals surface area contributed by atoms with Crippen molar-refractivity contribution in [3.05, 3.63) is 0 Å². The lowest BCUT2D eigenvalue weighted by Crippen LogP contribution is -2.49. The van der Waals surface area contributed by atoms with E-state index in [1.165, 1.54) is 0 Å². The molecule has 1 heterocycles. The highest BCUT2D eigenvalue weighted by Gasteiger charge is 2.20. The van der Waals surface area contributed by atoms with Crippen molar-refractivity contribution in [2.45, 2.75) is 12.8 Å². The molecule has 6 nitrogen and oxygen atoms in total. The number of ether oxygens (including phenoxy) is 1. The first-order valence-corrected chi connectivity index (χ1v) is 5.84. The van der Waals surface area contributed by atoms with Crippen LogP contribution in [0.25, 0.3) is 0 Å². The Morgan fingerprint density at radius 2 is 1.82 bits per heavy atom. The maximum absolute atomic E-state index is 11.6. The molecule has 0 aromatic rings. The van der Waals surface area contributed by atoms with Crippen LogP contribution in [-0.4, -0.2) is 73.2 Å². The van der Waals surface area contributed by atoms with Crippen LogP contribution in [0.3, 0.4) is 0 Å². The summed E-state index contributed by atoms with van der Waals surface area (Å²) in [6.07, 6.45) is 0.0239. The normalized spacial score (nSPS) is 17.1. The zero-order valence-electron chi connectivity index (χ0n) is 10.2. The molecule has 0 bridgehead atoms. The number of aliphatic carboxylic acids is 1.